The molecule has 0 spiro atoms. The van der Waals surface area contributed by atoms with Gasteiger partial charge in [0.05, 0.1) is 17.7 Å². The van der Waals surface area contributed by atoms with Crippen molar-refractivity contribution >= 4 is 22.7 Å². The summed E-state index contributed by atoms with van der Waals surface area (Å²) >= 11 is 0. The molecule has 7 nitrogen and oxygen atoms in total. The van der Waals surface area contributed by atoms with Gasteiger partial charge in [0, 0.05) is 17.0 Å². The standard InChI is InChI=1S/C24H25N3O4/c1-3-30-17-10-12-18(13-11-17)31-15(2)23(28)26-27-24(29)20-14-22(16-8-9-16)25-21-7-5-4-6-19(20)21/h4-7,10-16H,3,8-9H2,1-2H3,(H,26,28)(H,27,29)/t15-/m0/s1. The molecule has 1 fully saturated rings. The van der Waals surface area contributed by atoms with Crippen LogP contribution in [0.15, 0.2) is 54.6 Å². The summed E-state index contributed by atoms with van der Waals surface area (Å²) in [4.78, 5) is 29.9. The van der Waals surface area contributed by atoms with Crippen molar-refractivity contribution in [3.63, 3.8) is 0 Å². The number of benzene rings is 2. The minimum atomic E-state index is -0.797. The van der Waals surface area contributed by atoms with Gasteiger partial charge in [0.2, 0.25) is 0 Å². The van der Waals surface area contributed by atoms with Gasteiger partial charge in [-0.05, 0) is 63.1 Å². The Morgan fingerprint density at radius 1 is 1.06 bits per heavy atom. The lowest BCUT2D eigenvalue weighted by atomic mass is 10.1. The van der Waals surface area contributed by atoms with E-state index in [0.29, 0.717) is 23.8 Å². The van der Waals surface area contributed by atoms with Crippen LogP contribution in [0.2, 0.25) is 0 Å². The minimum absolute atomic E-state index is 0.387. The zero-order valence-electron chi connectivity index (χ0n) is 17.6. The lowest BCUT2D eigenvalue weighted by Gasteiger charge is -2.16. The number of carbonyl (C=O) groups excluding carboxylic acids is 2. The fraction of sp³-hybridized carbons (Fsp3) is 0.292. The predicted molar refractivity (Wildman–Crippen MR) is 117 cm³/mol. The SMILES string of the molecule is CCOc1ccc(O[C@@H](C)C(=O)NNC(=O)c2cc(C3CC3)nc3ccccc23)cc1. The number of nitrogens with one attached hydrogen (secondary N) is 2. The maximum Gasteiger partial charge on any atom is 0.279 e. The molecule has 1 aliphatic carbocycles. The molecule has 160 valence electrons. The molecule has 0 bridgehead atoms. The number of aromatic nitrogens is 1. The second-order valence-electron chi connectivity index (χ2n) is 7.49. The Kier molecular flexibility index (Phi) is 6.02. The highest BCUT2D eigenvalue weighted by molar-refractivity contribution is 6.06. The lowest BCUT2D eigenvalue weighted by Crippen LogP contribution is -2.47. The van der Waals surface area contributed by atoms with E-state index < -0.39 is 12.0 Å². The number of hydrazine groups is 1. The number of carbonyl (C=O) groups is 2. The van der Waals surface area contributed by atoms with E-state index in [-0.39, 0.29) is 5.91 Å². The molecular weight excluding hydrogens is 394 g/mol. The fourth-order valence-electron chi connectivity index (χ4n) is 3.30. The van der Waals surface area contributed by atoms with Gasteiger partial charge in [-0.25, -0.2) is 0 Å². The number of rotatable bonds is 7. The van der Waals surface area contributed by atoms with E-state index in [4.69, 9.17) is 9.47 Å². The molecule has 0 saturated heterocycles. The van der Waals surface area contributed by atoms with Crippen molar-refractivity contribution in [1.29, 1.82) is 0 Å². The second kappa shape index (κ2) is 9.04. The summed E-state index contributed by atoms with van der Waals surface area (Å²) in [5.41, 5.74) is 7.14. The third-order valence-electron chi connectivity index (χ3n) is 5.09. The van der Waals surface area contributed by atoms with Gasteiger partial charge in [0.25, 0.3) is 11.8 Å². The molecule has 31 heavy (non-hydrogen) atoms. The molecule has 2 N–H and O–H groups in total. The summed E-state index contributed by atoms with van der Waals surface area (Å²) in [6.07, 6.45) is 1.38. The van der Waals surface area contributed by atoms with Gasteiger partial charge in [-0.2, -0.15) is 0 Å². The van der Waals surface area contributed by atoms with Gasteiger partial charge in [-0.1, -0.05) is 18.2 Å². The van der Waals surface area contributed by atoms with Crippen LogP contribution in [0.3, 0.4) is 0 Å². The average molecular weight is 419 g/mol. The van der Waals surface area contributed by atoms with Gasteiger partial charge in [0.1, 0.15) is 11.5 Å². The second-order valence-corrected chi connectivity index (χ2v) is 7.49. The number of nitrogens with zero attached hydrogens (tertiary/aromatic N) is 1. The van der Waals surface area contributed by atoms with Crippen molar-refractivity contribution in [3.05, 3.63) is 65.9 Å². The molecule has 3 aromatic rings. The summed E-state index contributed by atoms with van der Waals surface area (Å²) in [5.74, 6) is 0.833. The maximum atomic E-state index is 12.8. The van der Waals surface area contributed by atoms with E-state index >= 15 is 0 Å². The molecule has 2 aromatic carbocycles. The van der Waals surface area contributed by atoms with Crippen molar-refractivity contribution in [3.8, 4) is 11.5 Å². The van der Waals surface area contributed by atoms with E-state index in [9.17, 15) is 9.59 Å². The number of para-hydroxylation sites is 1. The van der Waals surface area contributed by atoms with Gasteiger partial charge < -0.3 is 9.47 Å². The summed E-state index contributed by atoms with van der Waals surface area (Å²) in [6.45, 7) is 4.10. The van der Waals surface area contributed by atoms with E-state index in [1.807, 2.05) is 37.3 Å². The third kappa shape index (κ3) is 4.94. The van der Waals surface area contributed by atoms with Crippen molar-refractivity contribution in [2.75, 3.05) is 6.61 Å². The quantitative estimate of drug-likeness (QED) is 0.570. The van der Waals surface area contributed by atoms with Crippen molar-refractivity contribution < 1.29 is 19.1 Å². The van der Waals surface area contributed by atoms with Gasteiger partial charge in [0.15, 0.2) is 6.10 Å². The maximum absolute atomic E-state index is 12.8. The van der Waals surface area contributed by atoms with Crippen LogP contribution in [0.1, 0.15) is 48.7 Å². The zero-order chi connectivity index (χ0) is 21.8. The van der Waals surface area contributed by atoms with E-state index in [0.717, 1.165) is 35.2 Å². The lowest BCUT2D eigenvalue weighted by molar-refractivity contribution is -0.128. The largest absolute Gasteiger partial charge is 0.494 e. The number of ether oxygens (including phenoxy) is 2. The van der Waals surface area contributed by atoms with Gasteiger partial charge in [-0.15, -0.1) is 0 Å². The van der Waals surface area contributed by atoms with Crippen LogP contribution < -0.4 is 20.3 Å². The number of hydrogen-bond donors (Lipinski definition) is 2. The topological polar surface area (TPSA) is 89.5 Å². The van der Waals surface area contributed by atoms with Crippen LogP contribution in [-0.4, -0.2) is 29.5 Å². The smallest absolute Gasteiger partial charge is 0.279 e. The Morgan fingerprint density at radius 2 is 1.77 bits per heavy atom. The van der Waals surface area contributed by atoms with E-state index in [1.165, 1.54) is 0 Å². The number of hydrogen-bond acceptors (Lipinski definition) is 5. The monoisotopic (exact) mass is 419 g/mol. The Hall–Kier alpha value is -3.61. The molecule has 1 heterocycles. The minimum Gasteiger partial charge on any atom is -0.494 e. The van der Waals surface area contributed by atoms with Crippen LogP contribution in [-0.2, 0) is 4.79 Å². The highest BCUT2D eigenvalue weighted by Gasteiger charge is 2.27. The summed E-state index contributed by atoms with van der Waals surface area (Å²) in [7, 11) is 0. The molecule has 4 rings (SSSR count). The normalized spacial score (nSPS) is 14.0. The van der Waals surface area contributed by atoms with Gasteiger partial charge in [-0.3, -0.25) is 25.4 Å². The van der Waals surface area contributed by atoms with Crippen LogP contribution in [0.25, 0.3) is 10.9 Å². The van der Waals surface area contributed by atoms with Crippen molar-refractivity contribution in [2.45, 2.75) is 38.7 Å². The first kappa shape index (κ1) is 20.7. The van der Waals surface area contributed by atoms with Crippen LogP contribution in [0, 0.1) is 0 Å². The van der Waals surface area contributed by atoms with Crippen LogP contribution in [0.4, 0.5) is 0 Å². The molecule has 1 saturated carbocycles. The highest BCUT2D eigenvalue weighted by Crippen LogP contribution is 2.40. The summed E-state index contributed by atoms with van der Waals surface area (Å²) in [6, 6.07) is 16.3. The number of fused-ring (bicyclic) bond motifs is 1. The van der Waals surface area contributed by atoms with E-state index in [1.54, 1.807) is 31.2 Å². The molecule has 0 radical (unpaired) electrons. The third-order valence-corrected chi connectivity index (χ3v) is 5.09. The fourth-order valence-corrected chi connectivity index (χ4v) is 3.30. The Bertz CT molecular complexity index is 1090. The summed E-state index contributed by atoms with van der Waals surface area (Å²) < 4.78 is 11.0. The van der Waals surface area contributed by atoms with Crippen molar-refractivity contribution in [1.82, 2.24) is 15.8 Å². The van der Waals surface area contributed by atoms with Gasteiger partial charge >= 0.3 is 0 Å². The highest BCUT2D eigenvalue weighted by atomic mass is 16.5. The molecule has 1 aromatic heterocycles. The molecule has 2 amide bonds. The van der Waals surface area contributed by atoms with Crippen molar-refractivity contribution in [2.24, 2.45) is 0 Å². The molecule has 0 unspecified atom stereocenters. The number of amides is 2. The zero-order valence-corrected chi connectivity index (χ0v) is 17.6. The molecule has 7 heteroatoms. The van der Waals surface area contributed by atoms with Crippen LogP contribution >= 0.6 is 0 Å². The number of pyridine rings is 1. The summed E-state index contributed by atoms with van der Waals surface area (Å²) in [5, 5.41) is 0.748. The molecule has 1 atom stereocenters. The van der Waals surface area contributed by atoms with E-state index in [2.05, 4.69) is 15.8 Å². The molecule has 1 aliphatic rings. The average Bonchev–Trinajstić information content (AvgIpc) is 3.63. The molecule has 0 aliphatic heterocycles. The first-order valence-corrected chi connectivity index (χ1v) is 10.4. The Labute approximate surface area is 180 Å². The first-order chi connectivity index (χ1) is 15.0. The first-order valence-electron chi connectivity index (χ1n) is 10.4. The van der Waals surface area contributed by atoms with Crippen LogP contribution in [0.5, 0.6) is 11.5 Å². The molecular formula is C24H25N3O4. The Morgan fingerprint density at radius 3 is 2.48 bits per heavy atom. The Balaban J connectivity index is 1.39. The predicted octanol–water partition coefficient (Wildman–Crippen LogP) is 3.74.